The van der Waals surface area contributed by atoms with E-state index in [2.05, 4.69) is 20.6 Å². The number of aldehydes is 1. The van der Waals surface area contributed by atoms with Crippen LogP contribution < -0.4 is 10.6 Å². The van der Waals surface area contributed by atoms with Crippen LogP contribution in [0, 0.1) is 0 Å². The van der Waals surface area contributed by atoms with E-state index in [0.717, 1.165) is 34.5 Å². The highest BCUT2D eigenvalue weighted by atomic mass is 16.1. The molecule has 0 radical (unpaired) electrons. The summed E-state index contributed by atoms with van der Waals surface area (Å²) in [4.78, 5) is 31.7. The fourth-order valence-electron chi connectivity index (χ4n) is 2.77. The molecule has 1 aliphatic rings. The van der Waals surface area contributed by atoms with Gasteiger partial charge >= 0.3 is 0 Å². The molecule has 25 heavy (non-hydrogen) atoms. The van der Waals surface area contributed by atoms with Crippen LogP contribution in [0.15, 0.2) is 54.7 Å². The van der Waals surface area contributed by atoms with Crippen LogP contribution in [0.2, 0.25) is 0 Å². The lowest BCUT2D eigenvalue weighted by Crippen LogP contribution is -2.12. The van der Waals surface area contributed by atoms with E-state index in [4.69, 9.17) is 0 Å². The van der Waals surface area contributed by atoms with Gasteiger partial charge in [-0.05, 0) is 30.3 Å². The Morgan fingerprint density at radius 3 is 2.68 bits per heavy atom. The Bertz CT molecular complexity index is 967. The van der Waals surface area contributed by atoms with Gasteiger partial charge in [-0.15, -0.1) is 0 Å². The predicted molar refractivity (Wildman–Crippen MR) is 94.9 cm³/mol. The Labute approximate surface area is 143 Å². The number of anilines is 3. The van der Waals surface area contributed by atoms with Gasteiger partial charge in [0.25, 0.3) is 0 Å². The summed E-state index contributed by atoms with van der Waals surface area (Å²) in [5.74, 6) is 0.349. The number of benzene rings is 2. The second-order valence-electron chi connectivity index (χ2n) is 5.70. The summed E-state index contributed by atoms with van der Waals surface area (Å²) >= 11 is 0. The molecule has 0 saturated heterocycles. The molecule has 1 aliphatic heterocycles. The molecule has 6 heteroatoms. The number of amides is 1. The van der Waals surface area contributed by atoms with Gasteiger partial charge < -0.3 is 10.6 Å². The molecule has 0 spiro atoms. The van der Waals surface area contributed by atoms with Crippen molar-refractivity contribution in [3.63, 3.8) is 0 Å². The van der Waals surface area contributed by atoms with Crippen molar-refractivity contribution < 1.29 is 9.59 Å². The van der Waals surface area contributed by atoms with Crippen LogP contribution in [0.3, 0.4) is 0 Å². The number of rotatable bonds is 3. The number of para-hydroxylation sites is 1. The molecule has 0 fully saturated rings. The molecular weight excluding hydrogens is 316 g/mol. The van der Waals surface area contributed by atoms with Gasteiger partial charge in [-0.25, -0.2) is 9.97 Å². The van der Waals surface area contributed by atoms with Gasteiger partial charge in [0, 0.05) is 28.6 Å². The maximum Gasteiger partial charge on any atom is 0.228 e. The third-order valence-corrected chi connectivity index (χ3v) is 3.97. The van der Waals surface area contributed by atoms with Crippen molar-refractivity contribution in [1.29, 1.82) is 0 Å². The SMILES string of the molecule is O=Cc1ccc(Nc2ncc3c(n2)-c2ccccc2NC(=O)C3)cc1. The summed E-state index contributed by atoms with van der Waals surface area (Å²) in [5.41, 5.74) is 4.50. The van der Waals surface area contributed by atoms with Crippen LogP contribution in [-0.2, 0) is 11.2 Å². The number of carbonyl (C=O) groups is 2. The molecule has 0 atom stereocenters. The average molecular weight is 330 g/mol. The Kier molecular flexibility index (Phi) is 3.70. The number of nitrogens with one attached hydrogen (secondary N) is 2. The van der Waals surface area contributed by atoms with E-state index in [9.17, 15) is 9.59 Å². The lowest BCUT2D eigenvalue weighted by atomic mass is 10.1. The Hall–Kier alpha value is -3.54. The normalized spacial score (nSPS) is 12.4. The first kappa shape index (κ1) is 15.0. The fraction of sp³-hybridized carbons (Fsp3) is 0.0526. The number of fused-ring (bicyclic) bond motifs is 3. The lowest BCUT2D eigenvalue weighted by molar-refractivity contribution is -0.115. The summed E-state index contributed by atoms with van der Waals surface area (Å²) in [5, 5.41) is 6.02. The topological polar surface area (TPSA) is 84.0 Å². The summed E-state index contributed by atoms with van der Waals surface area (Å²) in [6, 6.07) is 14.6. The zero-order valence-electron chi connectivity index (χ0n) is 13.2. The lowest BCUT2D eigenvalue weighted by Gasteiger charge is -2.10. The van der Waals surface area contributed by atoms with Crippen molar-refractivity contribution in [2.75, 3.05) is 10.6 Å². The van der Waals surface area contributed by atoms with Gasteiger partial charge in [-0.1, -0.05) is 18.2 Å². The van der Waals surface area contributed by atoms with Gasteiger partial charge in [-0.2, -0.15) is 0 Å². The quantitative estimate of drug-likeness (QED) is 0.721. The van der Waals surface area contributed by atoms with Crippen molar-refractivity contribution in [3.05, 3.63) is 65.9 Å². The van der Waals surface area contributed by atoms with Crippen molar-refractivity contribution in [2.45, 2.75) is 6.42 Å². The minimum atomic E-state index is -0.0834. The van der Waals surface area contributed by atoms with Gasteiger partial charge in [0.05, 0.1) is 17.8 Å². The van der Waals surface area contributed by atoms with Crippen LogP contribution in [0.4, 0.5) is 17.3 Å². The van der Waals surface area contributed by atoms with Crippen LogP contribution in [-0.4, -0.2) is 22.2 Å². The molecule has 122 valence electrons. The summed E-state index contributed by atoms with van der Waals surface area (Å²) in [6.07, 6.45) is 2.70. The molecule has 6 nitrogen and oxygen atoms in total. The highest BCUT2D eigenvalue weighted by Gasteiger charge is 2.20. The van der Waals surface area contributed by atoms with Crippen molar-refractivity contribution in [3.8, 4) is 11.3 Å². The van der Waals surface area contributed by atoms with Gasteiger partial charge in [-0.3, -0.25) is 9.59 Å². The number of nitrogens with zero attached hydrogens (tertiary/aromatic N) is 2. The molecule has 0 unspecified atom stereocenters. The molecule has 1 aromatic heterocycles. The van der Waals surface area contributed by atoms with E-state index in [1.54, 1.807) is 30.5 Å². The zero-order chi connectivity index (χ0) is 17.2. The first-order chi connectivity index (χ1) is 12.2. The number of hydrogen-bond donors (Lipinski definition) is 2. The molecule has 0 bridgehead atoms. The molecule has 4 rings (SSSR count). The van der Waals surface area contributed by atoms with Crippen LogP contribution in [0.1, 0.15) is 15.9 Å². The highest BCUT2D eigenvalue weighted by molar-refractivity contribution is 5.99. The van der Waals surface area contributed by atoms with E-state index in [1.807, 2.05) is 24.3 Å². The van der Waals surface area contributed by atoms with E-state index in [0.29, 0.717) is 11.5 Å². The Morgan fingerprint density at radius 2 is 1.88 bits per heavy atom. The third kappa shape index (κ3) is 2.97. The van der Waals surface area contributed by atoms with Crippen LogP contribution in [0.25, 0.3) is 11.3 Å². The van der Waals surface area contributed by atoms with Gasteiger partial charge in [0.15, 0.2) is 0 Å². The molecule has 1 amide bonds. The molecule has 3 aromatic rings. The largest absolute Gasteiger partial charge is 0.325 e. The molecule has 2 aromatic carbocycles. The number of carbonyl (C=O) groups excluding carboxylic acids is 2. The first-order valence-corrected chi connectivity index (χ1v) is 7.80. The number of hydrogen-bond acceptors (Lipinski definition) is 5. The van der Waals surface area contributed by atoms with Crippen LogP contribution >= 0.6 is 0 Å². The monoisotopic (exact) mass is 330 g/mol. The van der Waals surface area contributed by atoms with Gasteiger partial charge in [0.1, 0.15) is 6.29 Å². The fourth-order valence-corrected chi connectivity index (χ4v) is 2.77. The van der Waals surface area contributed by atoms with E-state index in [1.165, 1.54) is 0 Å². The van der Waals surface area contributed by atoms with Crippen LogP contribution in [0.5, 0.6) is 0 Å². The summed E-state index contributed by atoms with van der Waals surface area (Å²) in [7, 11) is 0. The maximum atomic E-state index is 12.0. The third-order valence-electron chi connectivity index (χ3n) is 3.97. The minimum absolute atomic E-state index is 0.0834. The summed E-state index contributed by atoms with van der Waals surface area (Å²) in [6.45, 7) is 0. The molecule has 2 heterocycles. The summed E-state index contributed by atoms with van der Waals surface area (Å²) < 4.78 is 0. The number of aromatic nitrogens is 2. The molecule has 0 saturated carbocycles. The smallest absolute Gasteiger partial charge is 0.228 e. The van der Waals surface area contributed by atoms with E-state index in [-0.39, 0.29) is 12.3 Å². The second kappa shape index (κ2) is 6.16. The van der Waals surface area contributed by atoms with E-state index < -0.39 is 0 Å². The van der Waals surface area contributed by atoms with Crippen molar-refractivity contribution in [2.24, 2.45) is 0 Å². The Morgan fingerprint density at radius 1 is 1.08 bits per heavy atom. The van der Waals surface area contributed by atoms with Gasteiger partial charge in [0.2, 0.25) is 11.9 Å². The van der Waals surface area contributed by atoms with Crippen molar-refractivity contribution in [1.82, 2.24) is 9.97 Å². The second-order valence-corrected chi connectivity index (χ2v) is 5.70. The molecule has 2 N–H and O–H groups in total. The zero-order valence-corrected chi connectivity index (χ0v) is 13.2. The van der Waals surface area contributed by atoms with E-state index >= 15 is 0 Å². The maximum absolute atomic E-state index is 12.0. The minimum Gasteiger partial charge on any atom is -0.325 e. The predicted octanol–water partition coefficient (Wildman–Crippen LogP) is 3.19. The highest BCUT2D eigenvalue weighted by Crippen LogP contribution is 2.32. The Balaban J connectivity index is 1.73. The average Bonchev–Trinajstić information content (AvgIpc) is 2.78. The first-order valence-electron chi connectivity index (χ1n) is 7.80. The molecular formula is C19H14N4O2. The standard InChI is InChI=1S/C19H14N4O2/c24-11-12-5-7-14(8-6-12)21-19-20-10-13-9-17(25)22-16-4-2-1-3-15(16)18(13)23-19/h1-8,10-11H,9H2,(H,22,25)(H,20,21,23). The van der Waals surface area contributed by atoms with Crippen molar-refractivity contribution >= 4 is 29.5 Å². The molecule has 0 aliphatic carbocycles.